The minimum absolute atomic E-state index is 0.0706. The average Bonchev–Trinajstić information content (AvgIpc) is 2.89. The van der Waals surface area contributed by atoms with E-state index < -0.39 is 11.2 Å². The molecule has 0 aliphatic rings. The van der Waals surface area contributed by atoms with Crippen molar-refractivity contribution in [2.45, 2.75) is 0 Å². The zero-order valence-corrected chi connectivity index (χ0v) is 10.1. The quantitative estimate of drug-likeness (QED) is 0.527. The summed E-state index contributed by atoms with van der Waals surface area (Å²) in [5.41, 5.74) is 5.65. The van der Waals surface area contributed by atoms with Gasteiger partial charge in [0.25, 0.3) is 5.56 Å². The standard InChI is InChI=1S/C11H9N7O2/c12-7-3-1-6(2-4-7)8-13-5-18(17-8)9-10(19)14-11(20)16-15-9/h1-5H,12H2,(H2,14,16,19,20). The second kappa shape index (κ2) is 4.46. The summed E-state index contributed by atoms with van der Waals surface area (Å²) in [7, 11) is 0. The molecule has 100 valence electrons. The normalized spacial score (nSPS) is 10.6. The average molecular weight is 271 g/mol. The molecule has 0 amide bonds. The number of aromatic nitrogens is 6. The van der Waals surface area contributed by atoms with Gasteiger partial charge in [-0.15, -0.1) is 10.2 Å². The van der Waals surface area contributed by atoms with Gasteiger partial charge >= 0.3 is 5.69 Å². The number of nitrogens with two attached hydrogens (primary N) is 1. The second-order valence-electron chi connectivity index (χ2n) is 3.97. The molecule has 2 heterocycles. The maximum atomic E-state index is 11.6. The third kappa shape index (κ3) is 2.07. The van der Waals surface area contributed by atoms with E-state index in [1.165, 1.54) is 11.0 Å². The number of hydrogen-bond acceptors (Lipinski definition) is 6. The van der Waals surface area contributed by atoms with Crippen LogP contribution in [0, 0.1) is 0 Å². The number of H-pyrrole nitrogens is 2. The Morgan fingerprint density at radius 3 is 2.60 bits per heavy atom. The van der Waals surface area contributed by atoms with E-state index in [-0.39, 0.29) is 5.82 Å². The SMILES string of the molecule is Nc1ccc(-c2ncn(-c3n[nH]c(=O)[nH]c3=O)n2)cc1. The number of nitrogens with one attached hydrogen (secondary N) is 2. The van der Waals surface area contributed by atoms with Crippen molar-refractivity contribution < 1.29 is 0 Å². The highest BCUT2D eigenvalue weighted by Gasteiger charge is 2.09. The Kier molecular flexibility index (Phi) is 2.64. The van der Waals surface area contributed by atoms with Crippen molar-refractivity contribution in [2.24, 2.45) is 0 Å². The lowest BCUT2D eigenvalue weighted by molar-refractivity contribution is 0.766. The van der Waals surface area contributed by atoms with E-state index in [0.717, 1.165) is 5.56 Å². The second-order valence-corrected chi connectivity index (χ2v) is 3.97. The summed E-state index contributed by atoms with van der Waals surface area (Å²) in [6.07, 6.45) is 1.33. The molecule has 4 N–H and O–H groups in total. The van der Waals surface area contributed by atoms with Crippen LogP contribution in [0.15, 0.2) is 40.2 Å². The highest BCUT2D eigenvalue weighted by atomic mass is 16.2. The number of aromatic amines is 2. The van der Waals surface area contributed by atoms with Gasteiger partial charge in [0.05, 0.1) is 0 Å². The highest BCUT2D eigenvalue weighted by molar-refractivity contribution is 5.58. The molecule has 0 aliphatic heterocycles. The van der Waals surface area contributed by atoms with Crippen LogP contribution in [0.5, 0.6) is 0 Å². The molecule has 0 spiro atoms. The number of rotatable bonds is 2. The van der Waals surface area contributed by atoms with Crippen LogP contribution in [-0.4, -0.2) is 29.9 Å². The summed E-state index contributed by atoms with van der Waals surface area (Å²) in [6, 6.07) is 6.97. The Bertz CT molecular complexity index is 859. The fourth-order valence-electron chi connectivity index (χ4n) is 1.63. The summed E-state index contributed by atoms with van der Waals surface area (Å²) < 4.78 is 1.18. The molecule has 20 heavy (non-hydrogen) atoms. The number of nitrogens with zero attached hydrogens (tertiary/aromatic N) is 4. The van der Waals surface area contributed by atoms with Crippen LogP contribution >= 0.6 is 0 Å². The lowest BCUT2D eigenvalue weighted by Crippen LogP contribution is -2.28. The van der Waals surface area contributed by atoms with Crippen LogP contribution in [0.2, 0.25) is 0 Å². The highest BCUT2D eigenvalue weighted by Crippen LogP contribution is 2.16. The van der Waals surface area contributed by atoms with Crippen molar-refractivity contribution in [1.82, 2.24) is 29.9 Å². The summed E-state index contributed by atoms with van der Waals surface area (Å²) in [4.78, 5) is 28.6. The van der Waals surface area contributed by atoms with Crippen molar-refractivity contribution in [3.05, 3.63) is 51.4 Å². The molecule has 1 aromatic carbocycles. The van der Waals surface area contributed by atoms with Crippen molar-refractivity contribution >= 4 is 5.69 Å². The first-order valence-electron chi connectivity index (χ1n) is 5.60. The minimum atomic E-state index is -0.683. The zero-order valence-electron chi connectivity index (χ0n) is 10.1. The van der Waals surface area contributed by atoms with Gasteiger partial charge in [-0.25, -0.2) is 14.9 Å². The van der Waals surface area contributed by atoms with Gasteiger partial charge in [-0.05, 0) is 24.3 Å². The Hall–Kier alpha value is -3.23. The first-order chi connectivity index (χ1) is 9.63. The molecule has 0 saturated heterocycles. The fraction of sp³-hybridized carbons (Fsp3) is 0. The summed E-state index contributed by atoms with van der Waals surface area (Å²) in [5.74, 6) is 0.344. The van der Waals surface area contributed by atoms with Crippen LogP contribution in [0.3, 0.4) is 0 Å². The largest absolute Gasteiger partial charge is 0.399 e. The molecular weight excluding hydrogens is 262 g/mol. The van der Waals surface area contributed by atoms with E-state index in [4.69, 9.17) is 5.73 Å². The molecule has 0 radical (unpaired) electrons. The Morgan fingerprint density at radius 2 is 1.90 bits per heavy atom. The number of anilines is 1. The predicted octanol–water partition coefficient (Wildman–Crippen LogP) is -0.712. The van der Waals surface area contributed by atoms with Crippen LogP contribution < -0.4 is 17.0 Å². The zero-order chi connectivity index (χ0) is 14.1. The first-order valence-corrected chi connectivity index (χ1v) is 5.60. The van der Waals surface area contributed by atoms with Crippen molar-refractivity contribution in [3.63, 3.8) is 0 Å². The predicted molar refractivity (Wildman–Crippen MR) is 70.2 cm³/mol. The van der Waals surface area contributed by atoms with E-state index >= 15 is 0 Å². The summed E-state index contributed by atoms with van der Waals surface area (Å²) in [5, 5.41) is 9.89. The number of benzene rings is 1. The lowest BCUT2D eigenvalue weighted by atomic mass is 10.2. The Morgan fingerprint density at radius 1 is 1.15 bits per heavy atom. The van der Waals surface area contributed by atoms with Gasteiger partial charge < -0.3 is 5.73 Å². The van der Waals surface area contributed by atoms with Crippen LogP contribution in [0.4, 0.5) is 5.69 Å². The van der Waals surface area contributed by atoms with E-state index in [1.807, 2.05) is 0 Å². The van der Waals surface area contributed by atoms with Crippen molar-refractivity contribution in [1.29, 1.82) is 0 Å². The van der Waals surface area contributed by atoms with Gasteiger partial charge in [0.15, 0.2) is 5.82 Å². The monoisotopic (exact) mass is 271 g/mol. The molecule has 0 fully saturated rings. The molecule has 0 atom stereocenters. The molecule has 0 bridgehead atoms. The molecule has 0 aliphatic carbocycles. The molecule has 2 aromatic heterocycles. The third-order valence-corrected chi connectivity index (χ3v) is 2.57. The van der Waals surface area contributed by atoms with Gasteiger partial charge in [-0.3, -0.25) is 9.78 Å². The molecular formula is C11H9N7O2. The molecule has 0 unspecified atom stereocenters. The van der Waals surface area contributed by atoms with Crippen molar-refractivity contribution in [2.75, 3.05) is 5.73 Å². The van der Waals surface area contributed by atoms with E-state index in [1.54, 1.807) is 24.3 Å². The molecule has 0 saturated carbocycles. The summed E-state index contributed by atoms with van der Waals surface area (Å²) in [6.45, 7) is 0. The molecule has 3 aromatic rings. The topological polar surface area (TPSA) is 135 Å². The lowest BCUT2D eigenvalue weighted by Gasteiger charge is -1.97. The fourth-order valence-corrected chi connectivity index (χ4v) is 1.63. The number of nitrogen functional groups attached to an aromatic ring is 1. The van der Waals surface area contributed by atoms with Crippen LogP contribution in [-0.2, 0) is 0 Å². The Labute approximate surface area is 111 Å². The van der Waals surface area contributed by atoms with Gasteiger partial charge in [-0.1, -0.05) is 0 Å². The van der Waals surface area contributed by atoms with Gasteiger partial charge in [0.1, 0.15) is 6.33 Å². The maximum absolute atomic E-state index is 11.6. The third-order valence-electron chi connectivity index (χ3n) is 2.57. The maximum Gasteiger partial charge on any atom is 0.342 e. The minimum Gasteiger partial charge on any atom is -0.399 e. The van der Waals surface area contributed by atoms with Gasteiger partial charge in [-0.2, -0.15) is 4.68 Å². The van der Waals surface area contributed by atoms with Crippen molar-refractivity contribution in [3.8, 4) is 17.2 Å². The van der Waals surface area contributed by atoms with E-state index in [2.05, 4.69) is 25.3 Å². The molecule has 9 heteroatoms. The molecule has 3 rings (SSSR count). The van der Waals surface area contributed by atoms with Gasteiger partial charge in [0.2, 0.25) is 5.82 Å². The number of hydrogen-bond donors (Lipinski definition) is 3. The Balaban J connectivity index is 2.04. The van der Waals surface area contributed by atoms with E-state index in [9.17, 15) is 9.59 Å². The first kappa shape index (κ1) is 11.8. The van der Waals surface area contributed by atoms with Crippen LogP contribution in [0.1, 0.15) is 0 Å². The molecule has 9 nitrogen and oxygen atoms in total. The van der Waals surface area contributed by atoms with Gasteiger partial charge in [0, 0.05) is 11.3 Å². The summed E-state index contributed by atoms with van der Waals surface area (Å²) >= 11 is 0. The van der Waals surface area contributed by atoms with E-state index in [0.29, 0.717) is 11.5 Å². The van der Waals surface area contributed by atoms with Crippen LogP contribution in [0.25, 0.3) is 17.2 Å². The smallest absolute Gasteiger partial charge is 0.342 e.